The summed E-state index contributed by atoms with van der Waals surface area (Å²) >= 11 is 0. The third-order valence-electron chi connectivity index (χ3n) is 4.85. The Morgan fingerprint density at radius 2 is 2.23 bits per heavy atom. The first-order valence-electron chi connectivity index (χ1n) is 8.22. The smallest absolute Gasteiger partial charge is 0.223 e. The first-order chi connectivity index (χ1) is 10.8. The second-order valence-corrected chi connectivity index (χ2v) is 6.35. The van der Waals surface area contributed by atoms with Crippen molar-refractivity contribution < 1.29 is 4.79 Å². The molecule has 4 rings (SSSR count). The molecule has 4 heteroatoms. The topological polar surface area (TPSA) is 49.0 Å². The molecule has 1 amide bonds. The van der Waals surface area contributed by atoms with Gasteiger partial charge in [-0.2, -0.15) is 0 Å². The Kier molecular flexibility index (Phi) is 3.45. The molecule has 1 aliphatic carbocycles. The van der Waals surface area contributed by atoms with Crippen LogP contribution < -0.4 is 0 Å². The fourth-order valence-electron chi connectivity index (χ4n) is 3.69. The zero-order valence-corrected chi connectivity index (χ0v) is 12.7. The highest BCUT2D eigenvalue weighted by molar-refractivity contribution is 5.78. The third kappa shape index (κ3) is 2.43. The van der Waals surface area contributed by atoms with Crippen LogP contribution in [-0.4, -0.2) is 27.3 Å². The van der Waals surface area contributed by atoms with Crippen LogP contribution in [0.5, 0.6) is 0 Å². The predicted octanol–water partition coefficient (Wildman–Crippen LogP) is 3.58. The van der Waals surface area contributed by atoms with Gasteiger partial charge in [0.15, 0.2) is 0 Å². The molecular formula is C18H21N3O. The summed E-state index contributed by atoms with van der Waals surface area (Å²) in [6.07, 6.45) is 9.34. The fraction of sp³-hybridized carbons (Fsp3) is 0.444. The third-order valence-corrected chi connectivity index (χ3v) is 4.85. The highest BCUT2D eigenvalue weighted by Gasteiger charge is 2.32. The van der Waals surface area contributed by atoms with Gasteiger partial charge in [-0.15, -0.1) is 0 Å². The van der Waals surface area contributed by atoms with E-state index < -0.39 is 0 Å². The highest BCUT2D eigenvalue weighted by Crippen LogP contribution is 2.33. The van der Waals surface area contributed by atoms with Crippen LogP contribution >= 0.6 is 0 Å². The lowest BCUT2D eigenvalue weighted by atomic mass is 10.0. The zero-order chi connectivity index (χ0) is 14.9. The minimum absolute atomic E-state index is 0.116. The number of carbonyl (C=O) groups is 1. The van der Waals surface area contributed by atoms with Crippen molar-refractivity contribution in [2.24, 2.45) is 5.92 Å². The Morgan fingerprint density at radius 1 is 1.32 bits per heavy atom. The summed E-state index contributed by atoms with van der Waals surface area (Å²) in [4.78, 5) is 22.8. The van der Waals surface area contributed by atoms with Gasteiger partial charge in [-0.25, -0.2) is 4.98 Å². The Bertz CT molecular complexity index is 685. The summed E-state index contributed by atoms with van der Waals surface area (Å²) in [6, 6.07) is 8.17. The Labute approximate surface area is 130 Å². The average molecular weight is 295 g/mol. The lowest BCUT2D eigenvalue weighted by Gasteiger charge is -2.24. The molecule has 1 aromatic carbocycles. The SMILES string of the molecule is O=C(C[C@@H]1C=CCC1)N1CCC[C@H]1c1nc2ccccc2[nH]1. The number of aromatic nitrogens is 2. The van der Waals surface area contributed by atoms with E-state index in [2.05, 4.69) is 17.1 Å². The van der Waals surface area contributed by atoms with Crippen LogP contribution in [0.15, 0.2) is 36.4 Å². The average Bonchev–Trinajstić information content (AvgIpc) is 3.26. The number of aromatic amines is 1. The largest absolute Gasteiger partial charge is 0.340 e. The van der Waals surface area contributed by atoms with E-state index in [1.165, 1.54) is 0 Å². The quantitative estimate of drug-likeness (QED) is 0.880. The minimum Gasteiger partial charge on any atom is -0.340 e. The van der Waals surface area contributed by atoms with Crippen LogP contribution in [0.2, 0.25) is 0 Å². The molecule has 0 saturated carbocycles. The first kappa shape index (κ1) is 13.6. The van der Waals surface area contributed by atoms with E-state index in [4.69, 9.17) is 4.98 Å². The molecule has 1 saturated heterocycles. The van der Waals surface area contributed by atoms with Gasteiger partial charge >= 0.3 is 0 Å². The van der Waals surface area contributed by atoms with Crippen LogP contribution in [-0.2, 0) is 4.79 Å². The Morgan fingerprint density at radius 3 is 3.05 bits per heavy atom. The molecule has 114 valence electrons. The van der Waals surface area contributed by atoms with Crippen LogP contribution in [0.4, 0.5) is 0 Å². The second kappa shape index (κ2) is 5.59. The number of fused-ring (bicyclic) bond motifs is 1. The van der Waals surface area contributed by atoms with Crippen molar-refractivity contribution >= 4 is 16.9 Å². The van der Waals surface area contributed by atoms with Crippen molar-refractivity contribution in [1.82, 2.24) is 14.9 Å². The number of hydrogen-bond acceptors (Lipinski definition) is 2. The number of likely N-dealkylation sites (tertiary alicyclic amines) is 1. The van der Waals surface area contributed by atoms with Crippen LogP contribution in [0.1, 0.15) is 44.0 Å². The molecule has 1 aromatic heterocycles. The van der Waals surface area contributed by atoms with Gasteiger partial charge in [-0.05, 0) is 43.7 Å². The summed E-state index contributed by atoms with van der Waals surface area (Å²) in [7, 11) is 0. The second-order valence-electron chi connectivity index (χ2n) is 6.35. The van der Waals surface area contributed by atoms with Crippen molar-refractivity contribution in [1.29, 1.82) is 0 Å². The van der Waals surface area contributed by atoms with Gasteiger partial charge in [0.05, 0.1) is 17.1 Å². The van der Waals surface area contributed by atoms with Gasteiger partial charge in [0.2, 0.25) is 5.91 Å². The van der Waals surface area contributed by atoms with E-state index in [1.54, 1.807) is 0 Å². The van der Waals surface area contributed by atoms with E-state index in [-0.39, 0.29) is 11.9 Å². The van der Waals surface area contributed by atoms with E-state index in [1.807, 2.05) is 29.2 Å². The van der Waals surface area contributed by atoms with Gasteiger partial charge in [-0.3, -0.25) is 4.79 Å². The maximum atomic E-state index is 12.7. The summed E-state index contributed by atoms with van der Waals surface area (Å²) in [5.74, 6) is 1.65. The van der Waals surface area contributed by atoms with E-state index in [0.29, 0.717) is 12.3 Å². The number of imidazole rings is 1. The van der Waals surface area contributed by atoms with Gasteiger partial charge in [0.1, 0.15) is 5.82 Å². The molecule has 1 N–H and O–H groups in total. The lowest BCUT2D eigenvalue weighted by Crippen LogP contribution is -2.32. The van der Waals surface area contributed by atoms with E-state index in [0.717, 1.165) is 49.1 Å². The molecule has 2 heterocycles. The Balaban J connectivity index is 1.54. The molecule has 22 heavy (non-hydrogen) atoms. The van der Waals surface area contributed by atoms with Crippen molar-refractivity contribution in [2.75, 3.05) is 6.54 Å². The highest BCUT2D eigenvalue weighted by atomic mass is 16.2. The first-order valence-corrected chi connectivity index (χ1v) is 8.22. The number of amides is 1. The number of para-hydroxylation sites is 2. The van der Waals surface area contributed by atoms with Crippen molar-refractivity contribution in [3.63, 3.8) is 0 Å². The molecule has 1 aliphatic heterocycles. The normalized spacial score (nSPS) is 24.5. The molecule has 0 radical (unpaired) electrons. The van der Waals surface area contributed by atoms with Crippen LogP contribution in [0.3, 0.4) is 0 Å². The Hall–Kier alpha value is -2.10. The molecule has 4 nitrogen and oxygen atoms in total. The van der Waals surface area contributed by atoms with Crippen molar-refractivity contribution in [3.8, 4) is 0 Å². The molecule has 2 aromatic rings. The standard InChI is InChI=1S/C18H21N3O/c22-17(12-13-6-1-2-7-13)21-11-5-10-16(21)18-19-14-8-3-4-9-15(14)20-18/h1,3-4,6,8-9,13,16H,2,5,7,10-12H2,(H,19,20)/t13-,16+/m1/s1. The van der Waals surface area contributed by atoms with Crippen molar-refractivity contribution in [2.45, 2.75) is 38.1 Å². The summed E-state index contributed by atoms with van der Waals surface area (Å²) in [6.45, 7) is 0.858. The van der Waals surface area contributed by atoms with E-state index in [9.17, 15) is 4.79 Å². The summed E-state index contributed by atoms with van der Waals surface area (Å²) in [5, 5.41) is 0. The molecule has 0 bridgehead atoms. The fourth-order valence-corrected chi connectivity index (χ4v) is 3.69. The predicted molar refractivity (Wildman–Crippen MR) is 86.3 cm³/mol. The van der Waals surface area contributed by atoms with Crippen molar-refractivity contribution in [3.05, 3.63) is 42.2 Å². The summed E-state index contributed by atoms with van der Waals surface area (Å²) < 4.78 is 0. The van der Waals surface area contributed by atoms with Crippen LogP contribution in [0, 0.1) is 5.92 Å². The lowest BCUT2D eigenvalue weighted by molar-refractivity contribution is -0.132. The van der Waals surface area contributed by atoms with Gasteiger partial charge in [0, 0.05) is 13.0 Å². The van der Waals surface area contributed by atoms with Gasteiger partial charge in [-0.1, -0.05) is 24.3 Å². The molecule has 0 spiro atoms. The number of H-pyrrole nitrogens is 1. The maximum absolute atomic E-state index is 12.7. The number of allylic oxidation sites excluding steroid dienone is 2. The zero-order valence-electron chi connectivity index (χ0n) is 12.7. The number of rotatable bonds is 3. The number of carbonyl (C=O) groups excluding carboxylic acids is 1. The minimum atomic E-state index is 0.116. The monoisotopic (exact) mass is 295 g/mol. The molecule has 0 unspecified atom stereocenters. The molecule has 2 atom stereocenters. The number of benzene rings is 1. The van der Waals surface area contributed by atoms with E-state index >= 15 is 0 Å². The summed E-state index contributed by atoms with van der Waals surface area (Å²) in [5.41, 5.74) is 2.03. The number of nitrogens with one attached hydrogen (secondary N) is 1. The van der Waals surface area contributed by atoms with Crippen LogP contribution in [0.25, 0.3) is 11.0 Å². The molecular weight excluding hydrogens is 274 g/mol. The molecule has 2 aliphatic rings. The number of hydrogen-bond donors (Lipinski definition) is 1. The maximum Gasteiger partial charge on any atom is 0.223 e. The van der Waals surface area contributed by atoms with Gasteiger partial charge < -0.3 is 9.88 Å². The molecule has 1 fully saturated rings. The number of nitrogens with zero attached hydrogens (tertiary/aromatic N) is 2. The van der Waals surface area contributed by atoms with Gasteiger partial charge in [0.25, 0.3) is 0 Å².